The standard InChI is InChI=1S/C55H37NOS/c1-4-14-38(15-5-1)39-24-30-42(31-25-39)55(48-21-11-10-20-47(48)53-49(55)36-37-52-54(53)57-50-22-12-13-23-51(50)58-52)43-32-26-40(27-33-43)41-28-34-46(35-29-41)56(44-16-6-2-7-17-44)45-18-8-3-9-19-45/h1-37H. The monoisotopic (exact) mass is 759 g/mol. The highest BCUT2D eigenvalue weighted by Gasteiger charge is 2.48. The normalized spacial score (nSPS) is 14.7. The van der Waals surface area contributed by atoms with Gasteiger partial charge in [0.25, 0.3) is 0 Å². The Morgan fingerprint density at radius 1 is 0.362 bits per heavy atom. The molecule has 0 bridgehead atoms. The molecule has 0 saturated heterocycles. The first-order valence-corrected chi connectivity index (χ1v) is 20.6. The van der Waals surface area contributed by atoms with E-state index in [2.05, 4.69) is 229 Å². The first-order chi connectivity index (χ1) is 28.8. The summed E-state index contributed by atoms with van der Waals surface area (Å²) in [6, 6.07) is 81.0. The Bertz CT molecular complexity index is 2870. The number of para-hydroxylation sites is 3. The Kier molecular flexibility index (Phi) is 8.34. The van der Waals surface area contributed by atoms with Crippen LogP contribution in [0.5, 0.6) is 11.5 Å². The van der Waals surface area contributed by atoms with Crippen LogP contribution in [0.25, 0.3) is 33.4 Å². The third-order valence-corrected chi connectivity index (χ3v) is 12.7. The van der Waals surface area contributed by atoms with E-state index in [9.17, 15) is 0 Å². The molecule has 0 amide bonds. The predicted molar refractivity (Wildman–Crippen MR) is 240 cm³/mol. The van der Waals surface area contributed by atoms with Gasteiger partial charge in [0.15, 0.2) is 0 Å². The van der Waals surface area contributed by atoms with Crippen molar-refractivity contribution in [3.63, 3.8) is 0 Å². The van der Waals surface area contributed by atoms with Gasteiger partial charge in [-0.3, -0.25) is 0 Å². The Balaban J connectivity index is 1.04. The molecule has 0 spiro atoms. The van der Waals surface area contributed by atoms with E-state index in [1.54, 1.807) is 11.8 Å². The molecule has 0 aromatic heterocycles. The predicted octanol–water partition coefficient (Wildman–Crippen LogP) is 15.1. The molecule has 1 aliphatic heterocycles. The van der Waals surface area contributed by atoms with Crippen LogP contribution in [0.1, 0.15) is 22.3 Å². The zero-order valence-corrected chi connectivity index (χ0v) is 32.4. The molecule has 1 heterocycles. The molecule has 1 aliphatic carbocycles. The summed E-state index contributed by atoms with van der Waals surface area (Å²) in [6.45, 7) is 0. The van der Waals surface area contributed by atoms with E-state index in [4.69, 9.17) is 4.74 Å². The number of anilines is 3. The zero-order valence-electron chi connectivity index (χ0n) is 31.6. The van der Waals surface area contributed by atoms with Gasteiger partial charge in [0.1, 0.15) is 11.5 Å². The fourth-order valence-electron chi connectivity index (χ4n) is 8.99. The molecular formula is C55H37NOS. The summed E-state index contributed by atoms with van der Waals surface area (Å²) >= 11 is 1.79. The zero-order chi connectivity index (χ0) is 38.5. The topological polar surface area (TPSA) is 12.5 Å². The van der Waals surface area contributed by atoms with E-state index in [0.717, 1.165) is 38.4 Å². The van der Waals surface area contributed by atoms with E-state index in [1.807, 2.05) is 0 Å². The molecule has 58 heavy (non-hydrogen) atoms. The van der Waals surface area contributed by atoms with Crippen molar-refractivity contribution in [1.29, 1.82) is 0 Å². The third kappa shape index (κ3) is 5.58. The van der Waals surface area contributed by atoms with Crippen LogP contribution in [-0.2, 0) is 5.41 Å². The Morgan fingerprint density at radius 2 is 0.845 bits per heavy atom. The smallest absolute Gasteiger partial charge is 0.149 e. The molecule has 0 N–H and O–H groups in total. The number of nitrogens with zero attached hydrogens (tertiary/aromatic N) is 1. The van der Waals surface area contributed by atoms with Gasteiger partial charge in [-0.05, 0) is 105 Å². The summed E-state index contributed by atoms with van der Waals surface area (Å²) in [4.78, 5) is 4.58. The highest BCUT2D eigenvalue weighted by molar-refractivity contribution is 7.99. The molecule has 0 saturated carbocycles. The van der Waals surface area contributed by atoms with Crippen molar-refractivity contribution in [3.05, 3.63) is 247 Å². The van der Waals surface area contributed by atoms with Crippen LogP contribution >= 0.6 is 11.8 Å². The van der Waals surface area contributed by atoms with Crippen molar-refractivity contribution in [2.24, 2.45) is 0 Å². The highest BCUT2D eigenvalue weighted by atomic mass is 32.2. The van der Waals surface area contributed by atoms with Gasteiger partial charge in [0.2, 0.25) is 0 Å². The SMILES string of the molecule is c1ccc(-c2ccc(C3(c4ccc(-c5ccc(N(c6ccccc6)c6ccccc6)cc5)cc4)c4ccccc4-c4c3ccc3c4Oc4ccccc4S3)cc2)cc1. The van der Waals surface area contributed by atoms with E-state index in [0.29, 0.717) is 0 Å². The second-order valence-electron chi connectivity index (χ2n) is 14.8. The molecule has 9 aromatic rings. The quantitative estimate of drug-likeness (QED) is 0.161. The summed E-state index contributed by atoms with van der Waals surface area (Å²) in [7, 11) is 0. The largest absolute Gasteiger partial charge is 0.454 e. The summed E-state index contributed by atoms with van der Waals surface area (Å²) < 4.78 is 6.85. The van der Waals surface area contributed by atoms with E-state index in [-0.39, 0.29) is 0 Å². The van der Waals surface area contributed by atoms with Crippen molar-refractivity contribution < 1.29 is 4.74 Å². The van der Waals surface area contributed by atoms with Gasteiger partial charge in [-0.2, -0.15) is 0 Å². The molecule has 0 fully saturated rings. The van der Waals surface area contributed by atoms with E-state index >= 15 is 0 Å². The van der Waals surface area contributed by atoms with Crippen LogP contribution in [0, 0.1) is 0 Å². The molecule has 2 nitrogen and oxygen atoms in total. The summed E-state index contributed by atoms with van der Waals surface area (Å²) in [5.74, 6) is 1.84. The maximum absolute atomic E-state index is 6.85. The van der Waals surface area contributed by atoms with Crippen LogP contribution in [0.4, 0.5) is 17.1 Å². The molecular weight excluding hydrogens is 723 g/mol. The number of ether oxygens (including phenoxy) is 1. The lowest BCUT2D eigenvalue weighted by atomic mass is 9.67. The first kappa shape index (κ1) is 34.2. The highest BCUT2D eigenvalue weighted by Crippen LogP contribution is 2.62. The Labute approximate surface area is 343 Å². The van der Waals surface area contributed by atoms with Crippen molar-refractivity contribution in [2.75, 3.05) is 4.90 Å². The maximum atomic E-state index is 6.85. The average Bonchev–Trinajstić information content (AvgIpc) is 3.61. The van der Waals surface area contributed by atoms with Gasteiger partial charge in [-0.25, -0.2) is 0 Å². The average molecular weight is 760 g/mol. The minimum absolute atomic E-state index is 0.574. The van der Waals surface area contributed by atoms with Crippen molar-refractivity contribution in [2.45, 2.75) is 15.2 Å². The lowest BCUT2D eigenvalue weighted by molar-refractivity contribution is 0.456. The lowest BCUT2D eigenvalue weighted by Gasteiger charge is -2.34. The van der Waals surface area contributed by atoms with E-state index < -0.39 is 5.41 Å². The number of rotatable bonds is 7. The Hall–Kier alpha value is -7.07. The van der Waals surface area contributed by atoms with Crippen LogP contribution in [0.3, 0.4) is 0 Å². The maximum Gasteiger partial charge on any atom is 0.149 e. The summed E-state index contributed by atoms with van der Waals surface area (Å²) in [6.07, 6.45) is 0. The van der Waals surface area contributed by atoms with Crippen molar-refractivity contribution in [3.8, 4) is 44.9 Å². The number of benzene rings is 9. The molecule has 0 radical (unpaired) electrons. The number of fused-ring (bicyclic) bond motifs is 6. The molecule has 274 valence electrons. The van der Waals surface area contributed by atoms with Crippen LogP contribution in [0.2, 0.25) is 0 Å². The third-order valence-electron chi connectivity index (χ3n) is 11.6. The fraction of sp³-hybridized carbons (Fsp3) is 0.0182. The second kappa shape index (κ2) is 14.1. The van der Waals surface area contributed by atoms with Crippen LogP contribution in [-0.4, -0.2) is 0 Å². The van der Waals surface area contributed by atoms with Crippen LogP contribution in [0.15, 0.2) is 234 Å². The van der Waals surface area contributed by atoms with Gasteiger partial charge >= 0.3 is 0 Å². The molecule has 2 aliphatic rings. The number of hydrogen-bond donors (Lipinski definition) is 0. The van der Waals surface area contributed by atoms with E-state index in [1.165, 1.54) is 55.6 Å². The summed E-state index contributed by atoms with van der Waals surface area (Å²) in [5.41, 5.74) is 14.9. The van der Waals surface area contributed by atoms with Gasteiger partial charge in [-0.1, -0.05) is 182 Å². The first-order valence-electron chi connectivity index (χ1n) is 19.7. The van der Waals surface area contributed by atoms with Crippen molar-refractivity contribution >= 4 is 28.8 Å². The van der Waals surface area contributed by atoms with Gasteiger partial charge < -0.3 is 9.64 Å². The number of hydrogen-bond acceptors (Lipinski definition) is 3. The second-order valence-corrected chi connectivity index (χ2v) is 15.9. The van der Waals surface area contributed by atoms with Crippen LogP contribution < -0.4 is 9.64 Å². The Morgan fingerprint density at radius 3 is 1.47 bits per heavy atom. The molecule has 1 atom stereocenters. The fourth-order valence-corrected chi connectivity index (χ4v) is 9.96. The lowest BCUT2D eigenvalue weighted by Crippen LogP contribution is -2.28. The van der Waals surface area contributed by atoms with Gasteiger partial charge in [-0.15, -0.1) is 0 Å². The van der Waals surface area contributed by atoms with Gasteiger partial charge in [0.05, 0.1) is 15.2 Å². The van der Waals surface area contributed by atoms with Crippen molar-refractivity contribution in [1.82, 2.24) is 0 Å². The molecule has 9 aromatic carbocycles. The molecule has 11 rings (SSSR count). The minimum Gasteiger partial charge on any atom is -0.454 e. The molecule has 1 unspecified atom stereocenters. The van der Waals surface area contributed by atoms with Gasteiger partial charge in [0, 0.05) is 22.6 Å². The minimum atomic E-state index is -0.574. The summed E-state index contributed by atoms with van der Waals surface area (Å²) in [5, 5.41) is 0. The molecule has 3 heteroatoms.